The highest BCUT2D eigenvalue weighted by Gasteiger charge is 2.58. The number of amides is 2. The van der Waals surface area contributed by atoms with Crippen LogP contribution in [0.2, 0.25) is 5.02 Å². The number of alkyl carbamates (subject to hydrolysis) is 1. The first-order chi connectivity index (χ1) is 22.8. The molecule has 0 radical (unpaired) electrons. The molecule has 0 aliphatic heterocycles. The molecule has 0 saturated heterocycles. The Hall–Kier alpha value is -5.13. The van der Waals surface area contributed by atoms with E-state index in [-0.39, 0.29) is 34.3 Å². The van der Waals surface area contributed by atoms with Crippen molar-refractivity contribution >= 4 is 29.6 Å². The van der Waals surface area contributed by atoms with Gasteiger partial charge >= 0.3 is 12.6 Å². The summed E-state index contributed by atoms with van der Waals surface area (Å²) in [7, 11) is 0. The van der Waals surface area contributed by atoms with Crippen LogP contribution in [-0.2, 0) is 4.74 Å². The fourth-order valence-corrected chi connectivity index (χ4v) is 4.89. The maximum Gasteiger partial charge on any atom is 0.407 e. The fraction of sp³-hybridized carbons (Fsp3) is 0.310. The highest BCUT2D eigenvalue weighted by Crippen LogP contribution is 2.41. The van der Waals surface area contributed by atoms with Crippen LogP contribution < -0.4 is 11.1 Å². The smallest absolute Gasteiger partial charge is 0.407 e. The molecule has 2 heterocycles. The molecule has 1 aliphatic rings. The summed E-state index contributed by atoms with van der Waals surface area (Å²) in [4.78, 5) is 35.3. The van der Waals surface area contributed by atoms with Gasteiger partial charge in [-0.05, 0) is 42.3 Å². The Labute approximate surface area is 273 Å². The summed E-state index contributed by atoms with van der Waals surface area (Å²) >= 11 is 6.35. The van der Waals surface area contributed by atoms with Crippen LogP contribution in [0, 0.1) is 0 Å². The number of benzene rings is 2. The third-order valence-electron chi connectivity index (χ3n) is 7.21. The molecule has 3 N–H and O–H groups in total. The Morgan fingerprint density at radius 1 is 1.15 bits per heavy atom. The number of halogens is 7. The number of nitrogens with zero attached hydrogens (tertiary/aromatic N) is 7. The molecule has 1 fully saturated rings. The summed E-state index contributed by atoms with van der Waals surface area (Å²) in [6.07, 6.45) is -1.57. The van der Waals surface area contributed by atoms with Gasteiger partial charge in [-0.1, -0.05) is 29.8 Å². The molecule has 2 amide bonds. The van der Waals surface area contributed by atoms with E-state index in [1.165, 1.54) is 48.7 Å². The van der Waals surface area contributed by atoms with Crippen LogP contribution in [0.15, 0.2) is 66.2 Å². The normalized spacial score (nSPS) is 16.2. The summed E-state index contributed by atoms with van der Waals surface area (Å²) in [5.41, 5.74) is 7.20. The fourth-order valence-electron chi connectivity index (χ4n) is 4.69. The number of rotatable bonds is 11. The molecule has 254 valence electrons. The SMILES string of the molecule is CCN=C(N)N(C(=O)c1ccc(-c2cnn(C(F)F)c2)cc1)[C@H](COC(=O)N[C@@H]1CC1(F)F)c1ccc(Cl)c(-n2ncnc2C(F)F)c1. The molecule has 0 unspecified atom stereocenters. The van der Waals surface area contributed by atoms with E-state index in [0.717, 1.165) is 22.1 Å². The Balaban J connectivity index is 1.53. The number of hydrogen-bond donors (Lipinski definition) is 2. The van der Waals surface area contributed by atoms with Crippen LogP contribution in [0.1, 0.15) is 54.1 Å². The lowest BCUT2D eigenvalue weighted by Gasteiger charge is -2.31. The second kappa shape index (κ2) is 13.9. The molecular formula is C29H26ClF6N9O3. The molecule has 1 aliphatic carbocycles. The van der Waals surface area contributed by atoms with Crippen LogP contribution in [0.5, 0.6) is 0 Å². The van der Waals surface area contributed by atoms with Gasteiger partial charge in [-0.25, -0.2) is 36.7 Å². The van der Waals surface area contributed by atoms with E-state index in [0.29, 0.717) is 15.8 Å². The number of nitrogens with one attached hydrogen (secondary N) is 1. The molecule has 0 bridgehead atoms. The summed E-state index contributed by atoms with van der Waals surface area (Å²) in [5, 5.41) is 9.44. The second-order valence-electron chi connectivity index (χ2n) is 10.4. The van der Waals surface area contributed by atoms with Gasteiger partial charge in [0.1, 0.15) is 19.0 Å². The minimum absolute atomic E-state index is 0.0293. The van der Waals surface area contributed by atoms with E-state index in [1.807, 2.05) is 5.32 Å². The van der Waals surface area contributed by atoms with Crippen molar-refractivity contribution in [3.05, 3.63) is 83.2 Å². The van der Waals surface area contributed by atoms with Crippen molar-refractivity contribution in [3.63, 3.8) is 0 Å². The number of aromatic nitrogens is 5. The van der Waals surface area contributed by atoms with Crippen molar-refractivity contribution in [2.75, 3.05) is 13.2 Å². The molecule has 2 aromatic heterocycles. The van der Waals surface area contributed by atoms with Gasteiger partial charge in [-0.15, -0.1) is 0 Å². The zero-order valence-electron chi connectivity index (χ0n) is 24.8. The van der Waals surface area contributed by atoms with Crippen LogP contribution >= 0.6 is 11.6 Å². The Morgan fingerprint density at radius 3 is 2.46 bits per heavy atom. The molecule has 0 spiro atoms. The molecular weight excluding hydrogens is 672 g/mol. The Morgan fingerprint density at radius 2 is 1.85 bits per heavy atom. The zero-order chi connectivity index (χ0) is 34.7. The van der Waals surface area contributed by atoms with E-state index >= 15 is 0 Å². The maximum absolute atomic E-state index is 14.1. The van der Waals surface area contributed by atoms with Gasteiger partial charge in [0.05, 0.1) is 22.9 Å². The number of nitrogens with two attached hydrogens (primary N) is 1. The van der Waals surface area contributed by atoms with Crippen LogP contribution in [0.25, 0.3) is 16.8 Å². The van der Waals surface area contributed by atoms with Crippen molar-refractivity contribution in [2.24, 2.45) is 10.7 Å². The van der Waals surface area contributed by atoms with Crippen molar-refractivity contribution in [1.82, 2.24) is 34.8 Å². The van der Waals surface area contributed by atoms with Crippen LogP contribution in [-0.4, -0.2) is 72.5 Å². The quantitative estimate of drug-likeness (QED) is 0.115. The van der Waals surface area contributed by atoms with E-state index in [2.05, 4.69) is 20.2 Å². The van der Waals surface area contributed by atoms with Crippen LogP contribution in [0.3, 0.4) is 0 Å². The summed E-state index contributed by atoms with van der Waals surface area (Å²) < 4.78 is 86.8. The van der Waals surface area contributed by atoms with E-state index in [4.69, 9.17) is 22.1 Å². The predicted octanol–water partition coefficient (Wildman–Crippen LogP) is 5.77. The van der Waals surface area contributed by atoms with Crippen molar-refractivity contribution in [3.8, 4) is 16.8 Å². The topological polar surface area (TPSA) is 146 Å². The third kappa shape index (κ3) is 7.37. The second-order valence-corrected chi connectivity index (χ2v) is 10.8. The minimum atomic E-state index is -3.09. The Bertz CT molecular complexity index is 1820. The lowest BCUT2D eigenvalue weighted by molar-refractivity contribution is 0.0566. The monoisotopic (exact) mass is 697 g/mol. The van der Waals surface area contributed by atoms with Crippen molar-refractivity contribution < 1.29 is 40.7 Å². The van der Waals surface area contributed by atoms with Gasteiger partial charge in [-0.3, -0.25) is 14.7 Å². The molecule has 1 saturated carbocycles. The van der Waals surface area contributed by atoms with Gasteiger partial charge in [0, 0.05) is 30.3 Å². The Kier molecular flexibility index (Phi) is 9.92. The highest BCUT2D eigenvalue weighted by atomic mass is 35.5. The number of ether oxygens (including phenoxy) is 1. The average molecular weight is 698 g/mol. The lowest BCUT2D eigenvalue weighted by atomic mass is 10.0. The largest absolute Gasteiger partial charge is 0.447 e. The molecule has 12 nitrogen and oxygen atoms in total. The summed E-state index contributed by atoms with van der Waals surface area (Å²) in [5.74, 6) is -4.93. The number of alkyl halides is 6. The number of carbonyl (C=O) groups is 2. The minimum Gasteiger partial charge on any atom is -0.447 e. The number of aliphatic imine (C=N–C) groups is 1. The van der Waals surface area contributed by atoms with Crippen molar-refractivity contribution in [1.29, 1.82) is 0 Å². The number of carbonyl (C=O) groups excluding carboxylic acids is 2. The molecule has 4 aromatic rings. The van der Waals surface area contributed by atoms with E-state index in [1.54, 1.807) is 6.92 Å². The van der Waals surface area contributed by atoms with Gasteiger partial charge in [0.2, 0.25) is 0 Å². The molecule has 2 aromatic carbocycles. The predicted molar refractivity (Wildman–Crippen MR) is 159 cm³/mol. The van der Waals surface area contributed by atoms with E-state index in [9.17, 15) is 35.9 Å². The lowest BCUT2D eigenvalue weighted by Crippen LogP contribution is -2.46. The number of guanidine groups is 1. The molecule has 19 heteroatoms. The van der Waals surface area contributed by atoms with E-state index < -0.39 is 61.8 Å². The zero-order valence-corrected chi connectivity index (χ0v) is 25.5. The highest BCUT2D eigenvalue weighted by molar-refractivity contribution is 6.32. The summed E-state index contributed by atoms with van der Waals surface area (Å²) in [6.45, 7) is -1.78. The molecule has 48 heavy (non-hydrogen) atoms. The van der Waals surface area contributed by atoms with Gasteiger partial charge < -0.3 is 15.8 Å². The first-order valence-corrected chi connectivity index (χ1v) is 14.5. The van der Waals surface area contributed by atoms with Crippen LogP contribution in [0.4, 0.5) is 31.1 Å². The number of hydrogen-bond acceptors (Lipinski definition) is 7. The van der Waals surface area contributed by atoms with Gasteiger partial charge in [0.25, 0.3) is 18.3 Å². The third-order valence-corrected chi connectivity index (χ3v) is 7.53. The summed E-state index contributed by atoms with van der Waals surface area (Å²) in [6, 6.07) is 7.03. The van der Waals surface area contributed by atoms with Gasteiger partial charge in [-0.2, -0.15) is 19.0 Å². The first-order valence-electron chi connectivity index (χ1n) is 14.2. The van der Waals surface area contributed by atoms with Gasteiger partial charge in [0.15, 0.2) is 11.8 Å². The average Bonchev–Trinajstić information content (AvgIpc) is 3.46. The maximum atomic E-state index is 14.1. The standard InChI is InChI=1S/C29H26ClF6N9O3/c1-2-38-27(37)44(25(46)16-5-3-15(4-6-16)18-11-40-43(12-18)26(33)34)21(13-48-28(47)42-22-10-29(22,35)36)17-7-8-19(30)20(9-17)45-24(23(31)32)39-14-41-45/h3-9,11-12,14,21-23,26H,2,10,13H2,1H3,(H2,37,38)(H,42,47)/t21-,22-/m1/s1. The molecule has 2 atom stereocenters. The van der Waals surface area contributed by atoms with Crippen molar-refractivity contribution in [2.45, 2.75) is 44.3 Å². The first kappa shape index (κ1) is 34.2. The molecule has 5 rings (SSSR count).